The fourth-order valence-corrected chi connectivity index (χ4v) is 7.25. The summed E-state index contributed by atoms with van der Waals surface area (Å²) in [4.78, 5) is 44.9. The van der Waals surface area contributed by atoms with Crippen LogP contribution < -0.4 is 21.1 Å². The second-order valence-electron chi connectivity index (χ2n) is 12.6. The number of ether oxygens (including phenoxy) is 1. The normalized spacial score (nSPS) is 19.7. The van der Waals surface area contributed by atoms with E-state index in [9.17, 15) is 18.8 Å². The minimum Gasteiger partial charge on any atom is -0.381 e. The quantitative estimate of drug-likeness (QED) is 0.298. The van der Waals surface area contributed by atoms with E-state index in [1.165, 1.54) is 6.08 Å². The monoisotopic (exact) mass is 612 g/mol. The molecule has 2 amide bonds. The van der Waals surface area contributed by atoms with Crippen LogP contribution in [0.4, 0.5) is 15.8 Å². The van der Waals surface area contributed by atoms with E-state index < -0.39 is 5.41 Å². The molecule has 0 saturated carbocycles. The lowest BCUT2D eigenvalue weighted by Crippen LogP contribution is -2.40. The predicted octanol–water partition coefficient (Wildman–Crippen LogP) is 6.13. The Morgan fingerprint density at radius 3 is 2.56 bits per heavy atom. The Hall–Kier alpha value is -4.24. The SMILES string of the molecule is CCN(c1cc(-c2ccc3c(c2)C2(CC=C(F)CC2)C(=O)N3)cc(C(=O)NCc2c(C)cc(C)[nH]c2=O)c1C)C1CCOCC1. The third-order valence-corrected chi connectivity index (χ3v) is 9.84. The van der Waals surface area contributed by atoms with Gasteiger partial charge in [0.15, 0.2) is 0 Å². The zero-order valence-electron chi connectivity index (χ0n) is 26.4. The molecule has 3 aromatic rings. The molecular weight excluding hydrogens is 571 g/mol. The highest BCUT2D eigenvalue weighted by Gasteiger charge is 2.47. The number of anilines is 2. The molecule has 1 aromatic heterocycles. The fourth-order valence-electron chi connectivity index (χ4n) is 7.25. The fraction of sp³-hybridized carbons (Fsp3) is 0.417. The Bertz CT molecular complexity index is 1760. The van der Waals surface area contributed by atoms with Crippen molar-refractivity contribution in [3.8, 4) is 11.1 Å². The van der Waals surface area contributed by atoms with Crippen LogP contribution in [-0.4, -0.2) is 42.6 Å². The van der Waals surface area contributed by atoms with Gasteiger partial charge in [0.2, 0.25) is 5.91 Å². The van der Waals surface area contributed by atoms with Gasteiger partial charge in [0.05, 0.1) is 11.2 Å². The van der Waals surface area contributed by atoms with Crippen LogP contribution >= 0.6 is 0 Å². The average Bonchev–Trinajstić information content (AvgIpc) is 3.29. The number of hydrogen-bond donors (Lipinski definition) is 3. The van der Waals surface area contributed by atoms with Gasteiger partial charge in [0.25, 0.3) is 11.5 Å². The first-order valence-corrected chi connectivity index (χ1v) is 15.9. The average molecular weight is 613 g/mol. The third kappa shape index (κ3) is 5.70. The molecule has 3 heterocycles. The van der Waals surface area contributed by atoms with Crippen LogP contribution in [0.2, 0.25) is 0 Å². The summed E-state index contributed by atoms with van der Waals surface area (Å²) in [6.07, 6.45) is 4.29. The minimum atomic E-state index is -0.800. The van der Waals surface area contributed by atoms with Crippen LogP contribution in [-0.2, 0) is 21.5 Å². The first-order valence-electron chi connectivity index (χ1n) is 15.9. The van der Waals surface area contributed by atoms with Gasteiger partial charge >= 0.3 is 0 Å². The number of nitrogens with one attached hydrogen (secondary N) is 3. The largest absolute Gasteiger partial charge is 0.381 e. The number of fused-ring (bicyclic) bond motifs is 2. The van der Waals surface area contributed by atoms with Crippen molar-refractivity contribution in [2.24, 2.45) is 0 Å². The molecule has 0 bridgehead atoms. The van der Waals surface area contributed by atoms with E-state index in [1.807, 2.05) is 51.1 Å². The number of pyridine rings is 1. The number of aromatic nitrogens is 1. The van der Waals surface area contributed by atoms with E-state index in [0.717, 1.165) is 64.3 Å². The van der Waals surface area contributed by atoms with Crippen molar-refractivity contribution in [1.29, 1.82) is 0 Å². The highest BCUT2D eigenvalue weighted by atomic mass is 19.1. The maximum atomic E-state index is 14.0. The van der Waals surface area contributed by atoms with Crippen LogP contribution in [0.3, 0.4) is 0 Å². The maximum absolute atomic E-state index is 14.0. The maximum Gasteiger partial charge on any atom is 0.253 e. The number of aryl methyl sites for hydroxylation is 2. The number of nitrogens with zero attached hydrogens (tertiary/aromatic N) is 1. The van der Waals surface area contributed by atoms with Crippen LogP contribution in [0.5, 0.6) is 0 Å². The number of H-pyrrole nitrogens is 1. The van der Waals surface area contributed by atoms with E-state index >= 15 is 0 Å². The van der Waals surface area contributed by atoms with E-state index in [1.54, 1.807) is 0 Å². The number of amides is 2. The minimum absolute atomic E-state index is 0.0962. The second-order valence-corrected chi connectivity index (χ2v) is 12.6. The first-order chi connectivity index (χ1) is 21.6. The molecule has 2 aromatic carbocycles. The number of rotatable bonds is 7. The smallest absolute Gasteiger partial charge is 0.253 e. The third-order valence-electron chi connectivity index (χ3n) is 9.84. The molecule has 8 nitrogen and oxygen atoms in total. The van der Waals surface area contributed by atoms with Gasteiger partial charge in [-0.3, -0.25) is 14.4 Å². The topological polar surface area (TPSA) is 104 Å². The Labute approximate surface area is 263 Å². The van der Waals surface area contributed by atoms with Gasteiger partial charge in [-0.25, -0.2) is 4.39 Å². The summed E-state index contributed by atoms with van der Waals surface area (Å²) in [5.41, 5.74) is 6.84. The van der Waals surface area contributed by atoms with Crippen molar-refractivity contribution in [3.63, 3.8) is 0 Å². The van der Waals surface area contributed by atoms with Crippen molar-refractivity contribution < 1.29 is 18.7 Å². The molecule has 6 rings (SSSR count). The highest BCUT2D eigenvalue weighted by Crippen LogP contribution is 2.48. The molecule has 1 fully saturated rings. The Kier molecular flexibility index (Phi) is 8.39. The molecule has 0 radical (unpaired) electrons. The summed E-state index contributed by atoms with van der Waals surface area (Å²) in [6, 6.07) is 12.1. The Morgan fingerprint density at radius 2 is 1.87 bits per heavy atom. The number of hydrogen-bond acceptors (Lipinski definition) is 5. The zero-order valence-corrected chi connectivity index (χ0v) is 26.4. The molecule has 1 atom stereocenters. The standard InChI is InChI=1S/C36H41FN4O4/c1-5-41(27-10-14-45-15-11-27)32-19-25(17-28(23(32)4)33(42)38-20-29-21(2)16-22(3)39-34(29)43)24-6-7-31-30(18-24)36(35(44)40-31)12-8-26(37)9-13-36/h6-8,16-19,27H,5,9-15,20H2,1-4H3,(H,38,42)(H,39,43)(H,40,44). The Balaban J connectivity index is 1.42. The number of carbonyl (C=O) groups excluding carboxylic acids is 2. The van der Waals surface area contributed by atoms with Gasteiger partial charge in [-0.15, -0.1) is 0 Å². The van der Waals surface area contributed by atoms with Crippen molar-refractivity contribution in [2.45, 2.75) is 77.8 Å². The molecule has 2 aliphatic heterocycles. The van der Waals surface area contributed by atoms with E-state index in [4.69, 9.17) is 4.74 Å². The first kappa shape index (κ1) is 30.8. The number of carbonyl (C=O) groups is 2. The molecule has 1 unspecified atom stereocenters. The van der Waals surface area contributed by atoms with E-state index in [-0.39, 0.29) is 42.2 Å². The molecule has 9 heteroatoms. The van der Waals surface area contributed by atoms with Crippen LogP contribution in [0.15, 0.2) is 53.1 Å². The molecule has 1 spiro atoms. The highest BCUT2D eigenvalue weighted by molar-refractivity contribution is 6.07. The summed E-state index contributed by atoms with van der Waals surface area (Å²) in [6.45, 7) is 10.1. The molecule has 3 N–H and O–H groups in total. The lowest BCUT2D eigenvalue weighted by atomic mass is 9.72. The van der Waals surface area contributed by atoms with Gasteiger partial charge in [-0.2, -0.15) is 0 Å². The molecule has 1 aliphatic carbocycles. The van der Waals surface area contributed by atoms with Crippen molar-refractivity contribution >= 4 is 23.2 Å². The molecule has 236 valence electrons. The summed E-state index contributed by atoms with van der Waals surface area (Å²) < 4.78 is 19.7. The van der Waals surface area contributed by atoms with Gasteiger partial charge in [0, 0.05) is 67.0 Å². The number of allylic oxidation sites excluding steroid dienone is 2. The van der Waals surface area contributed by atoms with Crippen molar-refractivity contribution in [2.75, 3.05) is 30.0 Å². The van der Waals surface area contributed by atoms with E-state index in [0.29, 0.717) is 37.2 Å². The predicted molar refractivity (Wildman–Crippen MR) is 175 cm³/mol. The second kappa shape index (κ2) is 12.3. The summed E-state index contributed by atoms with van der Waals surface area (Å²) >= 11 is 0. The number of benzene rings is 2. The Morgan fingerprint density at radius 1 is 1.09 bits per heavy atom. The van der Waals surface area contributed by atoms with Gasteiger partial charge < -0.3 is 25.3 Å². The molecular formula is C36H41FN4O4. The van der Waals surface area contributed by atoms with Crippen LogP contribution in [0, 0.1) is 20.8 Å². The summed E-state index contributed by atoms with van der Waals surface area (Å²) in [5, 5.41) is 6.02. The van der Waals surface area contributed by atoms with Gasteiger partial charge in [-0.1, -0.05) is 12.1 Å². The lowest BCUT2D eigenvalue weighted by molar-refractivity contribution is -0.121. The zero-order chi connectivity index (χ0) is 31.9. The summed E-state index contributed by atoms with van der Waals surface area (Å²) in [5.74, 6) is -0.533. The van der Waals surface area contributed by atoms with Crippen molar-refractivity contribution in [3.05, 3.63) is 92.2 Å². The van der Waals surface area contributed by atoms with Gasteiger partial charge in [-0.05, 0) is 112 Å². The van der Waals surface area contributed by atoms with E-state index in [2.05, 4.69) is 33.5 Å². The summed E-state index contributed by atoms with van der Waals surface area (Å²) in [7, 11) is 0. The lowest BCUT2D eigenvalue weighted by Gasteiger charge is -2.37. The number of aromatic amines is 1. The van der Waals surface area contributed by atoms with Gasteiger partial charge in [0.1, 0.15) is 0 Å². The van der Waals surface area contributed by atoms with Crippen LogP contribution in [0.1, 0.15) is 77.3 Å². The number of halogens is 1. The van der Waals surface area contributed by atoms with Crippen molar-refractivity contribution in [1.82, 2.24) is 10.3 Å². The molecule has 1 saturated heterocycles. The molecule has 45 heavy (non-hydrogen) atoms. The van der Waals surface area contributed by atoms with Crippen LogP contribution in [0.25, 0.3) is 11.1 Å². The molecule has 3 aliphatic rings.